The Labute approximate surface area is 101 Å². The van der Waals surface area contributed by atoms with Crippen molar-refractivity contribution in [3.8, 4) is 0 Å². The van der Waals surface area contributed by atoms with E-state index in [0.717, 1.165) is 0 Å². The molecule has 4 N–H and O–H groups in total. The summed E-state index contributed by atoms with van der Waals surface area (Å²) >= 11 is 0. The van der Waals surface area contributed by atoms with Crippen LogP contribution >= 0.6 is 0 Å². The average Bonchev–Trinajstić information content (AvgIpc) is 2.24. The first-order valence-electron chi connectivity index (χ1n) is 4.98. The van der Waals surface area contributed by atoms with Crippen molar-refractivity contribution in [3.05, 3.63) is 18.2 Å². The van der Waals surface area contributed by atoms with Gasteiger partial charge in [0.2, 0.25) is 10.0 Å². The highest BCUT2D eigenvalue weighted by Gasteiger charge is 2.16. The number of nitrogens with zero attached hydrogens (tertiary/aromatic N) is 1. The highest BCUT2D eigenvalue weighted by atomic mass is 32.2. The van der Waals surface area contributed by atoms with Crippen LogP contribution in [0.4, 0.5) is 11.4 Å². The van der Waals surface area contributed by atoms with Gasteiger partial charge in [-0.15, -0.1) is 0 Å². The van der Waals surface area contributed by atoms with Crippen molar-refractivity contribution in [1.29, 1.82) is 0 Å². The lowest BCUT2D eigenvalue weighted by molar-refractivity contribution is 0.206. The van der Waals surface area contributed by atoms with Gasteiger partial charge in [-0.1, -0.05) is 0 Å². The largest absolute Gasteiger partial charge is 0.399 e. The molecule has 0 saturated carbocycles. The molecule has 0 unspecified atom stereocenters. The maximum Gasteiger partial charge on any atom is 0.240 e. The normalized spacial score (nSPS) is 11.5. The van der Waals surface area contributed by atoms with Crippen molar-refractivity contribution >= 4 is 21.4 Å². The Balaban J connectivity index is 3.15. The number of benzene rings is 1. The number of hydrogen-bond donors (Lipinski definition) is 2. The number of nitrogen functional groups attached to an aromatic ring is 1. The zero-order valence-corrected chi connectivity index (χ0v) is 10.7. The number of sulfonamides is 1. The minimum atomic E-state index is -3.79. The number of primary sulfonamides is 1. The molecule has 6 nitrogen and oxygen atoms in total. The van der Waals surface area contributed by atoms with E-state index in [-0.39, 0.29) is 4.90 Å². The smallest absolute Gasteiger partial charge is 0.240 e. The molecule has 96 valence electrons. The second kappa shape index (κ2) is 5.35. The maximum atomic E-state index is 11.4. The highest BCUT2D eigenvalue weighted by Crippen LogP contribution is 2.25. The predicted molar refractivity (Wildman–Crippen MR) is 67.4 cm³/mol. The molecule has 0 aliphatic heterocycles. The van der Waals surface area contributed by atoms with E-state index < -0.39 is 10.0 Å². The van der Waals surface area contributed by atoms with Gasteiger partial charge in [0.15, 0.2) is 0 Å². The van der Waals surface area contributed by atoms with E-state index in [2.05, 4.69) is 0 Å². The number of likely N-dealkylation sites (N-methyl/N-ethyl adjacent to an activating group) is 1. The maximum absolute atomic E-state index is 11.4. The van der Waals surface area contributed by atoms with Crippen LogP contribution in [0.25, 0.3) is 0 Å². The number of nitrogens with two attached hydrogens (primary N) is 2. The van der Waals surface area contributed by atoms with Crippen molar-refractivity contribution < 1.29 is 13.2 Å². The molecule has 0 aliphatic carbocycles. The van der Waals surface area contributed by atoms with Crippen LogP contribution in [0.1, 0.15) is 0 Å². The van der Waals surface area contributed by atoms with E-state index in [9.17, 15) is 8.42 Å². The zero-order valence-electron chi connectivity index (χ0n) is 9.88. The van der Waals surface area contributed by atoms with Crippen molar-refractivity contribution in [2.24, 2.45) is 5.14 Å². The van der Waals surface area contributed by atoms with Gasteiger partial charge in [0.25, 0.3) is 0 Å². The van der Waals surface area contributed by atoms with Gasteiger partial charge in [-0.25, -0.2) is 13.6 Å². The molecule has 7 heteroatoms. The number of ether oxygens (including phenoxy) is 1. The molecular formula is C10H17N3O3S. The Bertz CT molecular complexity index is 488. The summed E-state index contributed by atoms with van der Waals surface area (Å²) in [7, 11) is -0.445. The third-order valence-corrected chi connectivity index (χ3v) is 3.27. The van der Waals surface area contributed by atoms with Crippen LogP contribution in [0.2, 0.25) is 0 Å². The van der Waals surface area contributed by atoms with Crippen molar-refractivity contribution in [2.75, 3.05) is 37.9 Å². The molecule has 0 amide bonds. The molecule has 0 atom stereocenters. The summed E-state index contributed by atoms with van der Waals surface area (Å²) in [6, 6.07) is 4.62. The minimum absolute atomic E-state index is 0.0242. The predicted octanol–water partition coefficient (Wildman–Crippen LogP) is -0.00120. The molecule has 0 heterocycles. The summed E-state index contributed by atoms with van der Waals surface area (Å²) in [5.41, 5.74) is 6.43. The van der Waals surface area contributed by atoms with E-state index in [1.807, 2.05) is 0 Å². The summed E-state index contributed by atoms with van der Waals surface area (Å²) in [5, 5.41) is 5.15. The SMILES string of the molecule is COCCN(C)c1ccc(N)cc1S(N)(=O)=O. The summed E-state index contributed by atoms with van der Waals surface area (Å²) < 4.78 is 27.8. The average molecular weight is 259 g/mol. The first kappa shape index (κ1) is 13.8. The molecule has 0 aliphatic rings. The second-order valence-electron chi connectivity index (χ2n) is 3.69. The number of methoxy groups -OCH3 is 1. The molecule has 0 bridgehead atoms. The molecular weight excluding hydrogens is 242 g/mol. The molecule has 1 aromatic carbocycles. The number of anilines is 2. The summed E-state index contributed by atoms with van der Waals surface area (Å²) in [6.45, 7) is 1.05. The van der Waals surface area contributed by atoms with Crippen LogP contribution in [0.3, 0.4) is 0 Å². The Hall–Kier alpha value is -1.31. The molecule has 0 spiro atoms. The van der Waals surface area contributed by atoms with Crippen LogP contribution in [-0.4, -0.2) is 35.7 Å². The monoisotopic (exact) mass is 259 g/mol. The molecule has 1 rings (SSSR count). The highest BCUT2D eigenvalue weighted by molar-refractivity contribution is 7.89. The second-order valence-corrected chi connectivity index (χ2v) is 5.22. The summed E-state index contributed by atoms with van der Waals surface area (Å²) in [4.78, 5) is 1.78. The van der Waals surface area contributed by atoms with Crippen molar-refractivity contribution in [2.45, 2.75) is 4.90 Å². The first-order chi connectivity index (χ1) is 7.86. The van der Waals surface area contributed by atoms with Gasteiger partial charge >= 0.3 is 0 Å². The standard InChI is InChI=1S/C10H17N3O3S/c1-13(5-6-16-2)9-4-3-8(11)7-10(9)17(12,14)15/h3-4,7H,5-6,11H2,1-2H3,(H2,12,14,15). The van der Waals surface area contributed by atoms with Crippen LogP contribution in [-0.2, 0) is 14.8 Å². The Morgan fingerprint density at radius 1 is 1.41 bits per heavy atom. The number of hydrogen-bond acceptors (Lipinski definition) is 5. The molecule has 0 saturated heterocycles. The first-order valence-corrected chi connectivity index (χ1v) is 6.53. The van der Waals surface area contributed by atoms with Gasteiger partial charge in [-0.05, 0) is 18.2 Å². The van der Waals surface area contributed by atoms with E-state index in [4.69, 9.17) is 15.6 Å². The lowest BCUT2D eigenvalue weighted by atomic mass is 10.2. The minimum Gasteiger partial charge on any atom is -0.399 e. The van der Waals surface area contributed by atoms with Gasteiger partial charge in [-0.2, -0.15) is 0 Å². The third-order valence-electron chi connectivity index (χ3n) is 2.33. The molecule has 17 heavy (non-hydrogen) atoms. The molecule has 0 radical (unpaired) electrons. The summed E-state index contributed by atoms with van der Waals surface area (Å²) in [6.07, 6.45) is 0. The van der Waals surface area contributed by atoms with E-state index >= 15 is 0 Å². The van der Waals surface area contributed by atoms with Crippen LogP contribution in [0, 0.1) is 0 Å². The van der Waals surface area contributed by atoms with Crippen LogP contribution in [0.5, 0.6) is 0 Å². The molecule has 0 fully saturated rings. The Morgan fingerprint density at radius 2 is 2.06 bits per heavy atom. The van der Waals surface area contributed by atoms with Gasteiger partial charge in [-0.3, -0.25) is 0 Å². The van der Waals surface area contributed by atoms with E-state index in [0.29, 0.717) is 24.5 Å². The van der Waals surface area contributed by atoms with Gasteiger partial charge in [0, 0.05) is 26.4 Å². The fourth-order valence-corrected chi connectivity index (χ4v) is 2.24. The quantitative estimate of drug-likeness (QED) is 0.725. The molecule has 0 aromatic heterocycles. The Kier molecular flexibility index (Phi) is 4.33. The van der Waals surface area contributed by atoms with E-state index in [1.54, 1.807) is 31.2 Å². The molecule has 1 aromatic rings. The lowest BCUT2D eigenvalue weighted by Gasteiger charge is -2.21. The fraction of sp³-hybridized carbons (Fsp3) is 0.400. The van der Waals surface area contributed by atoms with Crippen LogP contribution in [0.15, 0.2) is 23.1 Å². The lowest BCUT2D eigenvalue weighted by Crippen LogP contribution is -2.25. The van der Waals surface area contributed by atoms with Crippen molar-refractivity contribution in [1.82, 2.24) is 0 Å². The van der Waals surface area contributed by atoms with Gasteiger partial charge in [0.1, 0.15) is 4.90 Å². The van der Waals surface area contributed by atoms with Gasteiger partial charge in [0.05, 0.1) is 12.3 Å². The summed E-state index contributed by atoms with van der Waals surface area (Å²) in [5.74, 6) is 0. The Morgan fingerprint density at radius 3 is 2.59 bits per heavy atom. The third kappa shape index (κ3) is 3.58. The van der Waals surface area contributed by atoms with E-state index in [1.165, 1.54) is 6.07 Å². The topological polar surface area (TPSA) is 98.7 Å². The fourth-order valence-electron chi connectivity index (χ4n) is 1.42. The zero-order chi connectivity index (χ0) is 13.1. The van der Waals surface area contributed by atoms with Crippen molar-refractivity contribution in [3.63, 3.8) is 0 Å². The number of rotatable bonds is 5. The van der Waals surface area contributed by atoms with Crippen LogP contribution < -0.4 is 15.8 Å². The van der Waals surface area contributed by atoms with Gasteiger partial charge < -0.3 is 15.4 Å².